The lowest BCUT2D eigenvalue weighted by atomic mass is 9.93. The second-order valence-electron chi connectivity index (χ2n) is 4.33. The SMILES string of the molecule is CNC(Cc1ccoc1)C1(C)CC1. The lowest BCUT2D eigenvalue weighted by Gasteiger charge is -2.22. The lowest BCUT2D eigenvalue weighted by molar-refractivity contribution is 0.375. The van der Waals surface area contributed by atoms with Gasteiger partial charge in [-0.25, -0.2) is 0 Å². The Bertz CT molecular complexity index is 262. The number of nitrogens with one attached hydrogen (secondary N) is 1. The summed E-state index contributed by atoms with van der Waals surface area (Å²) >= 11 is 0. The van der Waals surface area contributed by atoms with E-state index in [2.05, 4.69) is 18.3 Å². The molecule has 1 fully saturated rings. The average Bonchev–Trinajstić information content (AvgIpc) is 2.70. The summed E-state index contributed by atoms with van der Waals surface area (Å²) in [6.45, 7) is 2.36. The van der Waals surface area contributed by atoms with E-state index in [9.17, 15) is 0 Å². The topological polar surface area (TPSA) is 25.2 Å². The van der Waals surface area contributed by atoms with E-state index >= 15 is 0 Å². The third kappa shape index (κ3) is 1.78. The van der Waals surface area contributed by atoms with Crippen LogP contribution in [0.1, 0.15) is 25.3 Å². The third-order valence-electron chi connectivity index (χ3n) is 3.25. The molecule has 1 saturated carbocycles. The van der Waals surface area contributed by atoms with Crippen LogP contribution in [0, 0.1) is 5.41 Å². The molecule has 0 amide bonds. The molecular weight excluding hydrogens is 162 g/mol. The van der Waals surface area contributed by atoms with Crippen molar-refractivity contribution in [3.05, 3.63) is 24.2 Å². The average molecular weight is 179 g/mol. The van der Waals surface area contributed by atoms with Gasteiger partial charge in [-0.3, -0.25) is 0 Å². The zero-order valence-corrected chi connectivity index (χ0v) is 8.34. The Kier molecular flexibility index (Phi) is 2.16. The molecule has 0 aliphatic heterocycles. The van der Waals surface area contributed by atoms with Crippen LogP contribution in [0.5, 0.6) is 0 Å². The van der Waals surface area contributed by atoms with Crippen molar-refractivity contribution >= 4 is 0 Å². The maximum atomic E-state index is 5.07. The minimum absolute atomic E-state index is 0.534. The fourth-order valence-corrected chi connectivity index (χ4v) is 1.89. The molecule has 1 atom stereocenters. The maximum absolute atomic E-state index is 5.07. The molecular formula is C11H17NO. The molecule has 1 aliphatic carbocycles. The van der Waals surface area contributed by atoms with E-state index in [4.69, 9.17) is 4.42 Å². The first kappa shape index (κ1) is 8.82. The summed E-state index contributed by atoms with van der Waals surface area (Å²) in [5.41, 5.74) is 1.83. The fourth-order valence-electron chi connectivity index (χ4n) is 1.89. The molecule has 1 aromatic heterocycles. The second kappa shape index (κ2) is 3.18. The fraction of sp³-hybridized carbons (Fsp3) is 0.636. The highest BCUT2D eigenvalue weighted by Crippen LogP contribution is 2.48. The Morgan fingerprint density at radius 2 is 2.38 bits per heavy atom. The number of rotatable bonds is 4. The van der Waals surface area contributed by atoms with Gasteiger partial charge in [-0.05, 0) is 43.4 Å². The summed E-state index contributed by atoms with van der Waals surface area (Å²) in [6, 6.07) is 2.65. The van der Waals surface area contributed by atoms with Crippen molar-refractivity contribution in [1.82, 2.24) is 5.32 Å². The van der Waals surface area contributed by atoms with E-state index in [-0.39, 0.29) is 0 Å². The van der Waals surface area contributed by atoms with Crippen molar-refractivity contribution in [1.29, 1.82) is 0 Å². The Morgan fingerprint density at radius 3 is 2.85 bits per heavy atom. The zero-order chi connectivity index (χ0) is 9.31. The number of hydrogen-bond donors (Lipinski definition) is 1. The Morgan fingerprint density at radius 1 is 1.62 bits per heavy atom. The van der Waals surface area contributed by atoms with E-state index in [1.165, 1.54) is 18.4 Å². The first-order valence-corrected chi connectivity index (χ1v) is 4.93. The predicted molar refractivity (Wildman–Crippen MR) is 52.6 cm³/mol. The molecule has 13 heavy (non-hydrogen) atoms. The normalized spacial score (nSPS) is 21.4. The van der Waals surface area contributed by atoms with E-state index < -0.39 is 0 Å². The highest BCUT2D eigenvalue weighted by molar-refractivity contribution is 5.11. The monoisotopic (exact) mass is 179 g/mol. The molecule has 0 radical (unpaired) electrons. The predicted octanol–water partition coefficient (Wildman–Crippen LogP) is 2.21. The smallest absolute Gasteiger partial charge is 0.0935 e. The van der Waals surface area contributed by atoms with Crippen molar-refractivity contribution < 1.29 is 4.42 Å². The molecule has 1 aliphatic rings. The van der Waals surface area contributed by atoms with Gasteiger partial charge in [0.05, 0.1) is 12.5 Å². The minimum atomic E-state index is 0.534. The molecule has 0 saturated heterocycles. The van der Waals surface area contributed by atoms with Gasteiger partial charge in [0.1, 0.15) is 0 Å². The molecule has 1 unspecified atom stereocenters. The maximum Gasteiger partial charge on any atom is 0.0935 e. The third-order valence-corrected chi connectivity index (χ3v) is 3.25. The zero-order valence-electron chi connectivity index (χ0n) is 8.34. The van der Waals surface area contributed by atoms with E-state index in [0.717, 1.165) is 6.42 Å². The molecule has 1 N–H and O–H groups in total. The van der Waals surface area contributed by atoms with Crippen molar-refractivity contribution in [2.45, 2.75) is 32.2 Å². The van der Waals surface area contributed by atoms with Crippen LogP contribution < -0.4 is 5.32 Å². The molecule has 2 heteroatoms. The van der Waals surface area contributed by atoms with Gasteiger partial charge >= 0.3 is 0 Å². The summed E-state index contributed by atoms with van der Waals surface area (Å²) in [6.07, 6.45) is 7.39. The molecule has 1 aromatic rings. The first-order chi connectivity index (χ1) is 6.24. The summed E-state index contributed by atoms with van der Waals surface area (Å²) in [5.74, 6) is 0. The molecule has 1 heterocycles. The molecule has 0 bridgehead atoms. The number of hydrogen-bond acceptors (Lipinski definition) is 2. The molecule has 0 spiro atoms. The van der Waals surface area contributed by atoms with Crippen LogP contribution in [0.15, 0.2) is 23.0 Å². The van der Waals surface area contributed by atoms with Crippen LogP contribution in [0.25, 0.3) is 0 Å². The quantitative estimate of drug-likeness (QED) is 0.766. The van der Waals surface area contributed by atoms with Crippen molar-refractivity contribution in [3.63, 3.8) is 0 Å². The van der Waals surface area contributed by atoms with Crippen LogP contribution in [0.3, 0.4) is 0 Å². The highest BCUT2D eigenvalue weighted by Gasteiger charge is 2.43. The van der Waals surface area contributed by atoms with Gasteiger partial charge in [0.2, 0.25) is 0 Å². The van der Waals surface area contributed by atoms with E-state index in [1.54, 1.807) is 6.26 Å². The van der Waals surface area contributed by atoms with Gasteiger partial charge in [0.15, 0.2) is 0 Å². The Labute approximate surface area is 79.3 Å². The summed E-state index contributed by atoms with van der Waals surface area (Å²) < 4.78 is 5.07. The largest absolute Gasteiger partial charge is 0.472 e. The van der Waals surface area contributed by atoms with E-state index in [0.29, 0.717) is 11.5 Å². The van der Waals surface area contributed by atoms with Crippen molar-refractivity contribution in [3.8, 4) is 0 Å². The molecule has 2 rings (SSSR count). The second-order valence-corrected chi connectivity index (χ2v) is 4.33. The summed E-state index contributed by atoms with van der Waals surface area (Å²) in [5, 5.41) is 3.40. The van der Waals surface area contributed by atoms with Crippen LogP contribution in [-0.2, 0) is 6.42 Å². The lowest BCUT2D eigenvalue weighted by Crippen LogP contribution is -2.35. The van der Waals surface area contributed by atoms with Crippen molar-refractivity contribution in [2.24, 2.45) is 5.41 Å². The van der Waals surface area contributed by atoms with Gasteiger partial charge in [-0.15, -0.1) is 0 Å². The van der Waals surface area contributed by atoms with Crippen molar-refractivity contribution in [2.75, 3.05) is 7.05 Å². The van der Waals surface area contributed by atoms with Gasteiger partial charge in [0, 0.05) is 6.04 Å². The number of likely N-dealkylation sites (N-methyl/N-ethyl adjacent to an activating group) is 1. The standard InChI is InChI=1S/C11H17NO/c1-11(4-5-11)10(12-2)7-9-3-6-13-8-9/h3,6,8,10,12H,4-5,7H2,1-2H3. The summed E-state index contributed by atoms with van der Waals surface area (Å²) in [4.78, 5) is 0. The van der Waals surface area contributed by atoms with Crippen LogP contribution in [0.2, 0.25) is 0 Å². The van der Waals surface area contributed by atoms with Gasteiger partial charge < -0.3 is 9.73 Å². The van der Waals surface area contributed by atoms with Gasteiger partial charge in [0.25, 0.3) is 0 Å². The number of furan rings is 1. The van der Waals surface area contributed by atoms with Crippen LogP contribution >= 0.6 is 0 Å². The van der Waals surface area contributed by atoms with Gasteiger partial charge in [-0.1, -0.05) is 6.92 Å². The minimum Gasteiger partial charge on any atom is -0.472 e. The Balaban J connectivity index is 1.99. The van der Waals surface area contributed by atoms with Crippen LogP contribution in [0.4, 0.5) is 0 Å². The molecule has 0 aromatic carbocycles. The van der Waals surface area contributed by atoms with Gasteiger partial charge in [-0.2, -0.15) is 0 Å². The van der Waals surface area contributed by atoms with E-state index in [1.807, 2.05) is 13.3 Å². The van der Waals surface area contributed by atoms with Crippen LogP contribution in [-0.4, -0.2) is 13.1 Å². The molecule has 72 valence electrons. The highest BCUT2D eigenvalue weighted by atomic mass is 16.3. The summed E-state index contributed by atoms with van der Waals surface area (Å²) in [7, 11) is 2.05. The first-order valence-electron chi connectivity index (χ1n) is 4.93. The Hall–Kier alpha value is -0.760. The molecule has 2 nitrogen and oxygen atoms in total.